The quantitative estimate of drug-likeness (QED) is 0.826. The number of carboxylic acid groups (broad SMARTS) is 1. The lowest BCUT2D eigenvalue weighted by Gasteiger charge is -2.06. The fraction of sp³-hybridized carbons (Fsp3) is 0.364. The van der Waals surface area contributed by atoms with Gasteiger partial charge in [0.2, 0.25) is 6.79 Å². The highest BCUT2D eigenvalue weighted by Gasteiger charge is 2.19. The Kier molecular flexibility index (Phi) is 2.49. The van der Waals surface area contributed by atoms with Crippen LogP contribution in [0.3, 0.4) is 0 Å². The predicted octanol–water partition coefficient (Wildman–Crippen LogP) is 2.07. The van der Waals surface area contributed by atoms with E-state index in [1.165, 1.54) is 6.07 Å². The van der Waals surface area contributed by atoms with Crippen LogP contribution in [-0.2, 0) is 6.42 Å². The standard InChI is InChI=1S/C11H12O4/c1-2-3-7-4-9-10(15-6-14-9)5-8(7)11(12)13/h4-5H,2-3,6H2,1H3,(H,12,13). The summed E-state index contributed by atoms with van der Waals surface area (Å²) in [5, 5.41) is 9.03. The second-order valence-corrected chi connectivity index (χ2v) is 3.42. The maximum atomic E-state index is 11.0. The number of rotatable bonds is 3. The van der Waals surface area contributed by atoms with Crippen molar-refractivity contribution in [2.75, 3.05) is 6.79 Å². The van der Waals surface area contributed by atoms with Gasteiger partial charge in [-0.1, -0.05) is 13.3 Å². The molecule has 1 aromatic rings. The van der Waals surface area contributed by atoms with E-state index in [4.69, 9.17) is 14.6 Å². The fourth-order valence-electron chi connectivity index (χ4n) is 1.66. The number of fused-ring (bicyclic) bond motifs is 1. The number of ether oxygens (including phenoxy) is 2. The highest BCUT2D eigenvalue weighted by molar-refractivity contribution is 5.90. The lowest BCUT2D eigenvalue weighted by atomic mass is 10.0. The first-order valence-electron chi connectivity index (χ1n) is 4.88. The number of benzene rings is 1. The summed E-state index contributed by atoms with van der Waals surface area (Å²) >= 11 is 0. The number of hydrogen-bond acceptors (Lipinski definition) is 3. The van der Waals surface area contributed by atoms with Gasteiger partial charge in [0.1, 0.15) is 0 Å². The Balaban J connectivity index is 2.47. The van der Waals surface area contributed by atoms with E-state index in [0.29, 0.717) is 17.1 Å². The zero-order valence-electron chi connectivity index (χ0n) is 8.45. The number of carboxylic acids is 1. The summed E-state index contributed by atoms with van der Waals surface area (Å²) in [7, 11) is 0. The van der Waals surface area contributed by atoms with Crippen molar-refractivity contribution in [1.82, 2.24) is 0 Å². The van der Waals surface area contributed by atoms with Crippen molar-refractivity contribution in [3.63, 3.8) is 0 Å². The molecular weight excluding hydrogens is 196 g/mol. The molecule has 2 rings (SSSR count). The van der Waals surface area contributed by atoms with E-state index in [9.17, 15) is 4.79 Å². The van der Waals surface area contributed by atoms with Gasteiger partial charge in [-0.3, -0.25) is 0 Å². The molecular formula is C11H12O4. The Morgan fingerprint density at radius 2 is 2.07 bits per heavy atom. The normalized spacial score (nSPS) is 12.9. The zero-order valence-corrected chi connectivity index (χ0v) is 8.45. The van der Waals surface area contributed by atoms with Gasteiger partial charge in [-0.25, -0.2) is 4.79 Å². The van der Waals surface area contributed by atoms with Crippen molar-refractivity contribution in [3.05, 3.63) is 23.3 Å². The topological polar surface area (TPSA) is 55.8 Å². The molecule has 0 amide bonds. The van der Waals surface area contributed by atoms with Crippen LogP contribution < -0.4 is 9.47 Å². The van der Waals surface area contributed by atoms with Crippen LogP contribution in [0.1, 0.15) is 29.3 Å². The lowest BCUT2D eigenvalue weighted by Crippen LogP contribution is -2.02. The molecule has 0 radical (unpaired) electrons. The van der Waals surface area contributed by atoms with E-state index in [1.54, 1.807) is 6.07 Å². The molecule has 1 aliphatic heterocycles. The monoisotopic (exact) mass is 208 g/mol. The number of hydrogen-bond donors (Lipinski definition) is 1. The van der Waals surface area contributed by atoms with Crippen LogP contribution in [0.2, 0.25) is 0 Å². The van der Waals surface area contributed by atoms with Gasteiger partial charge in [0.15, 0.2) is 11.5 Å². The summed E-state index contributed by atoms with van der Waals surface area (Å²) in [5.74, 6) is 0.243. The Morgan fingerprint density at radius 3 is 2.67 bits per heavy atom. The molecule has 0 spiro atoms. The molecule has 0 bridgehead atoms. The molecule has 4 heteroatoms. The summed E-state index contributed by atoms with van der Waals surface area (Å²) in [6.45, 7) is 2.18. The molecule has 0 saturated carbocycles. The molecule has 1 N–H and O–H groups in total. The minimum Gasteiger partial charge on any atom is -0.478 e. The molecule has 0 fully saturated rings. The van der Waals surface area contributed by atoms with Gasteiger partial charge in [0.25, 0.3) is 0 Å². The minimum atomic E-state index is -0.920. The van der Waals surface area contributed by atoms with E-state index in [2.05, 4.69) is 0 Å². The Hall–Kier alpha value is -1.71. The summed E-state index contributed by atoms with van der Waals surface area (Å²) in [4.78, 5) is 11.0. The molecule has 80 valence electrons. The molecule has 0 aliphatic carbocycles. The van der Waals surface area contributed by atoms with E-state index in [1.807, 2.05) is 6.92 Å². The van der Waals surface area contributed by atoms with Crippen LogP contribution in [-0.4, -0.2) is 17.9 Å². The average molecular weight is 208 g/mol. The molecule has 15 heavy (non-hydrogen) atoms. The van der Waals surface area contributed by atoms with Crippen molar-refractivity contribution in [1.29, 1.82) is 0 Å². The van der Waals surface area contributed by atoms with Crippen LogP contribution in [0.5, 0.6) is 11.5 Å². The molecule has 1 aromatic carbocycles. The van der Waals surface area contributed by atoms with E-state index in [-0.39, 0.29) is 6.79 Å². The van der Waals surface area contributed by atoms with E-state index >= 15 is 0 Å². The maximum absolute atomic E-state index is 11.0. The van der Waals surface area contributed by atoms with Crippen molar-refractivity contribution >= 4 is 5.97 Å². The highest BCUT2D eigenvalue weighted by atomic mass is 16.7. The summed E-state index contributed by atoms with van der Waals surface area (Å²) in [5.41, 5.74) is 1.11. The maximum Gasteiger partial charge on any atom is 0.336 e. The van der Waals surface area contributed by atoms with E-state index < -0.39 is 5.97 Å². The molecule has 1 heterocycles. The Bertz CT molecular complexity index is 398. The Labute approximate surface area is 87.4 Å². The molecule has 4 nitrogen and oxygen atoms in total. The van der Waals surface area contributed by atoms with Crippen molar-refractivity contribution < 1.29 is 19.4 Å². The predicted molar refractivity (Wildman–Crippen MR) is 53.5 cm³/mol. The second kappa shape index (κ2) is 3.81. The fourth-order valence-corrected chi connectivity index (χ4v) is 1.66. The number of aromatic carboxylic acids is 1. The second-order valence-electron chi connectivity index (χ2n) is 3.42. The lowest BCUT2D eigenvalue weighted by molar-refractivity contribution is 0.0695. The largest absolute Gasteiger partial charge is 0.478 e. The Morgan fingerprint density at radius 1 is 1.40 bits per heavy atom. The van der Waals surface area contributed by atoms with Crippen molar-refractivity contribution in [3.8, 4) is 11.5 Å². The summed E-state index contributed by atoms with van der Waals surface area (Å²) < 4.78 is 10.3. The zero-order chi connectivity index (χ0) is 10.8. The summed E-state index contributed by atoms with van der Waals surface area (Å²) in [6, 6.07) is 3.30. The van der Waals surface area contributed by atoms with Gasteiger partial charge in [-0.15, -0.1) is 0 Å². The molecule has 0 unspecified atom stereocenters. The van der Waals surface area contributed by atoms with Gasteiger partial charge in [0.05, 0.1) is 5.56 Å². The van der Waals surface area contributed by atoms with Crippen molar-refractivity contribution in [2.45, 2.75) is 19.8 Å². The molecule has 0 aromatic heterocycles. The van der Waals surface area contributed by atoms with Crippen LogP contribution in [0.25, 0.3) is 0 Å². The van der Waals surface area contributed by atoms with Crippen molar-refractivity contribution in [2.24, 2.45) is 0 Å². The first-order chi connectivity index (χ1) is 7.22. The van der Waals surface area contributed by atoms with Gasteiger partial charge in [-0.2, -0.15) is 0 Å². The molecule has 0 saturated heterocycles. The van der Waals surface area contributed by atoms with Gasteiger partial charge < -0.3 is 14.6 Å². The van der Waals surface area contributed by atoms with Gasteiger partial charge in [-0.05, 0) is 24.1 Å². The molecule has 0 atom stereocenters. The van der Waals surface area contributed by atoms with Gasteiger partial charge >= 0.3 is 5.97 Å². The first-order valence-corrected chi connectivity index (χ1v) is 4.88. The number of aryl methyl sites for hydroxylation is 1. The average Bonchev–Trinajstić information content (AvgIpc) is 2.63. The van der Waals surface area contributed by atoms with Crippen LogP contribution >= 0.6 is 0 Å². The SMILES string of the molecule is CCCc1cc2c(cc1C(=O)O)OCO2. The smallest absolute Gasteiger partial charge is 0.336 e. The van der Waals surface area contributed by atoms with Crippen LogP contribution in [0.15, 0.2) is 12.1 Å². The molecule has 1 aliphatic rings. The van der Waals surface area contributed by atoms with Gasteiger partial charge in [0, 0.05) is 0 Å². The van der Waals surface area contributed by atoms with E-state index in [0.717, 1.165) is 18.4 Å². The first kappa shape index (κ1) is 9.83. The third-order valence-corrected chi connectivity index (χ3v) is 2.35. The summed E-state index contributed by atoms with van der Waals surface area (Å²) in [6.07, 6.45) is 1.64. The number of carbonyl (C=O) groups is 1. The van der Waals surface area contributed by atoms with Crippen LogP contribution in [0, 0.1) is 0 Å². The highest BCUT2D eigenvalue weighted by Crippen LogP contribution is 2.35. The van der Waals surface area contributed by atoms with Crippen LogP contribution in [0.4, 0.5) is 0 Å². The third-order valence-electron chi connectivity index (χ3n) is 2.35. The third kappa shape index (κ3) is 1.75. The minimum absolute atomic E-state index is 0.171.